The molecule has 0 unspecified atom stereocenters. The van der Waals surface area contributed by atoms with Gasteiger partial charge in [0.15, 0.2) is 0 Å². The molecule has 1 N–H and O–H groups in total. The number of nitrogens with one attached hydrogen (secondary N) is 1. The van der Waals surface area contributed by atoms with Crippen molar-refractivity contribution in [1.82, 2.24) is 0 Å². The van der Waals surface area contributed by atoms with E-state index >= 15 is 0 Å². The molecule has 1 aromatic heterocycles. The molecule has 0 aliphatic rings. The Morgan fingerprint density at radius 1 is 1.82 bits per heavy atom. The highest BCUT2D eigenvalue weighted by Gasteiger charge is 1.98. The average Bonchev–Trinajstić information content (AvgIpc) is 2.40. The summed E-state index contributed by atoms with van der Waals surface area (Å²) in [6, 6.07) is 1.68. The highest BCUT2D eigenvalue weighted by Crippen LogP contribution is 2.06. The van der Waals surface area contributed by atoms with Crippen molar-refractivity contribution in [2.75, 3.05) is 5.32 Å². The lowest BCUT2D eigenvalue weighted by Crippen LogP contribution is -2.08. The van der Waals surface area contributed by atoms with Gasteiger partial charge in [0, 0.05) is 6.42 Å². The molecule has 0 radical (unpaired) electrons. The van der Waals surface area contributed by atoms with Gasteiger partial charge < -0.3 is 9.73 Å². The third-order valence-electron chi connectivity index (χ3n) is 1.13. The van der Waals surface area contributed by atoms with Crippen LogP contribution in [-0.4, -0.2) is 5.91 Å². The molecule has 1 amide bonds. The first-order chi connectivity index (χ1) is 5.33. The molecule has 0 aliphatic carbocycles. The minimum Gasteiger partial charge on any atom is -0.470 e. The van der Waals surface area contributed by atoms with Crippen molar-refractivity contribution >= 4 is 11.6 Å². The number of anilines is 1. The second-order valence-corrected chi connectivity index (χ2v) is 2.05. The van der Waals surface area contributed by atoms with Crippen LogP contribution in [0.25, 0.3) is 0 Å². The van der Waals surface area contributed by atoms with E-state index in [0.29, 0.717) is 12.1 Å². The molecular formula is C8H9NO2. The Kier molecular flexibility index (Phi) is 2.49. The van der Waals surface area contributed by atoms with E-state index in [4.69, 9.17) is 4.42 Å². The van der Waals surface area contributed by atoms with Crippen LogP contribution in [0.4, 0.5) is 5.69 Å². The van der Waals surface area contributed by atoms with Gasteiger partial charge in [-0.3, -0.25) is 4.79 Å². The maximum absolute atomic E-state index is 10.9. The molecule has 0 bridgehead atoms. The van der Waals surface area contributed by atoms with Crippen molar-refractivity contribution in [3.05, 3.63) is 31.2 Å². The van der Waals surface area contributed by atoms with Crippen LogP contribution in [0.15, 0.2) is 35.7 Å². The molecule has 0 saturated carbocycles. The predicted octanol–water partition coefficient (Wildman–Crippen LogP) is 1.79. The smallest absolute Gasteiger partial charge is 0.228 e. The van der Waals surface area contributed by atoms with E-state index in [1.54, 1.807) is 12.1 Å². The number of hydrogen-bond donors (Lipinski definition) is 1. The van der Waals surface area contributed by atoms with E-state index in [9.17, 15) is 4.79 Å². The van der Waals surface area contributed by atoms with E-state index in [2.05, 4.69) is 11.9 Å². The summed E-state index contributed by atoms with van der Waals surface area (Å²) in [5.74, 6) is -0.0820. The lowest BCUT2D eigenvalue weighted by molar-refractivity contribution is -0.115. The number of carbonyl (C=O) groups is 1. The van der Waals surface area contributed by atoms with Gasteiger partial charge in [0.05, 0.1) is 12.0 Å². The van der Waals surface area contributed by atoms with Gasteiger partial charge in [-0.15, -0.1) is 6.58 Å². The fourth-order valence-electron chi connectivity index (χ4n) is 0.679. The van der Waals surface area contributed by atoms with E-state index in [-0.39, 0.29) is 5.91 Å². The normalized spacial score (nSPS) is 9.09. The lowest BCUT2D eigenvalue weighted by atomic mass is 10.4. The Labute approximate surface area is 64.7 Å². The molecule has 1 heterocycles. The predicted molar refractivity (Wildman–Crippen MR) is 42.2 cm³/mol. The molecule has 0 spiro atoms. The first kappa shape index (κ1) is 7.60. The number of carbonyl (C=O) groups excluding carboxylic acids is 1. The first-order valence-corrected chi connectivity index (χ1v) is 3.26. The highest BCUT2D eigenvalue weighted by atomic mass is 16.3. The molecule has 0 fully saturated rings. The molecule has 0 saturated heterocycles. The lowest BCUT2D eigenvalue weighted by Gasteiger charge is -1.96. The van der Waals surface area contributed by atoms with Crippen molar-refractivity contribution in [3.63, 3.8) is 0 Å². The zero-order chi connectivity index (χ0) is 8.10. The third kappa shape index (κ3) is 2.29. The van der Waals surface area contributed by atoms with Gasteiger partial charge in [0.25, 0.3) is 0 Å². The monoisotopic (exact) mass is 151 g/mol. The van der Waals surface area contributed by atoms with E-state index in [1.807, 2.05) is 0 Å². The van der Waals surface area contributed by atoms with Gasteiger partial charge in [-0.1, -0.05) is 6.08 Å². The van der Waals surface area contributed by atoms with Crippen LogP contribution in [0.3, 0.4) is 0 Å². The van der Waals surface area contributed by atoms with Crippen molar-refractivity contribution in [1.29, 1.82) is 0 Å². The minimum atomic E-state index is -0.0820. The van der Waals surface area contributed by atoms with Crippen LogP contribution in [0, 0.1) is 0 Å². The molecule has 0 aromatic carbocycles. The van der Waals surface area contributed by atoms with Crippen LogP contribution in [0.2, 0.25) is 0 Å². The number of rotatable bonds is 3. The zero-order valence-corrected chi connectivity index (χ0v) is 6.04. The van der Waals surface area contributed by atoms with E-state index in [1.165, 1.54) is 12.5 Å². The van der Waals surface area contributed by atoms with Gasteiger partial charge in [-0.2, -0.15) is 0 Å². The standard InChI is InChI=1S/C8H9NO2/c1-2-3-8(10)9-7-4-5-11-6-7/h2,4-6H,1,3H2,(H,9,10). The number of hydrogen-bond acceptors (Lipinski definition) is 2. The van der Waals surface area contributed by atoms with Crippen molar-refractivity contribution in [3.8, 4) is 0 Å². The highest BCUT2D eigenvalue weighted by molar-refractivity contribution is 5.91. The summed E-state index contributed by atoms with van der Waals surface area (Å²) < 4.78 is 4.75. The summed E-state index contributed by atoms with van der Waals surface area (Å²) in [7, 11) is 0. The Morgan fingerprint density at radius 3 is 3.18 bits per heavy atom. The van der Waals surface area contributed by atoms with Crippen LogP contribution in [0.1, 0.15) is 6.42 Å². The SMILES string of the molecule is C=CCC(=O)Nc1ccoc1. The summed E-state index contributed by atoms with van der Waals surface area (Å²) in [5, 5.41) is 2.62. The number of furan rings is 1. The molecule has 3 nitrogen and oxygen atoms in total. The van der Waals surface area contributed by atoms with Crippen LogP contribution >= 0.6 is 0 Å². The molecule has 1 rings (SSSR count). The first-order valence-electron chi connectivity index (χ1n) is 3.26. The maximum atomic E-state index is 10.9. The molecular weight excluding hydrogens is 142 g/mol. The van der Waals surface area contributed by atoms with Gasteiger partial charge in [0.1, 0.15) is 6.26 Å². The van der Waals surface area contributed by atoms with Crippen LogP contribution < -0.4 is 5.32 Å². The quantitative estimate of drug-likeness (QED) is 0.669. The Morgan fingerprint density at radius 2 is 2.64 bits per heavy atom. The Balaban J connectivity index is 2.43. The second-order valence-electron chi connectivity index (χ2n) is 2.05. The van der Waals surface area contributed by atoms with Gasteiger partial charge in [-0.25, -0.2) is 0 Å². The largest absolute Gasteiger partial charge is 0.470 e. The fourth-order valence-corrected chi connectivity index (χ4v) is 0.679. The van der Waals surface area contributed by atoms with Gasteiger partial charge in [-0.05, 0) is 6.07 Å². The molecule has 0 aliphatic heterocycles. The summed E-state index contributed by atoms with van der Waals surface area (Å²) >= 11 is 0. The molecule has 3 heteroatoms. The minimum absolute atomic E-state index is 0.0820. The molecule has 58 valence electrons. The fraction of sp³-hybridized carbons (Fsp3) is 0.125. The average molecular weight is 151 g/mol. The Bertz CT molecular complexity index is 239. The summed E-state index contributed by atoms with van der Waals surface area (Å²) in [6.07, 6.45) is 4.85. The van der Waals surface area contributed by atoms with Crippen LogP contribution in [0.5, 0.6) is 0 Å². The molecule has 0 atom stereocenters. The zero-order valence-electron chi connectivity index (χ0n) is 6.04. The van der Waals surface area contributed by atoms with Gasteiger partial charge >= 0.3 is 0 Å². The van der Waals surface area contributed by atoms with Crippen molar-refractivity contribution in [2.45, 2.75) is 6.42 Å². The number of amides is 1. The van der Waals surface area contributed by atoms with E-state index < -0.39 is 0 Å². The second kappa shape index (κ2) is 3.61. The van der Waals surface area contributed by atoms with Crippen molar-refractivity contribution < 1.29 is 9.21 Å². The van der Waals surface area contributed by atoms with E-state index in [0.717, 1.165) is 0 Å². The Hall–Kier alpha value is -1.51. The topological polar surface area (TPSA) is 42.2 Å². The molecule has 1 aromatic rings. The third-order valence-corrected chi connectivity index (χ3v) is 1.13. The molecule has 11 heavy (non-hydrogen) atoms. The summed E-state index contributed by atoms with van der Waals surface area (Å²) in [5.41, 5.74) is 0.678. The maximum Gasteiger partial charge on any atom is 0.228 e. The summed E-state index contributed by atoms with van der Waals surface area (Å²) in [4.78, 5) is 10.9. The van der Waals surface area contributed by atoms with Gasteiger partial charge in [0.2, 0.25) is 5.91 Å². The van der Waals surface area contributed by atoms with Crippen LogP contribution in [-0.2, 0) is 4.79 Å². The van der Waals surface area contributed by atoms with Crippen molar-refractivity contribution in [2.24, 2.45) is 0 Å². The summed E-state index contributed by atoms with van der Waals surface area (Å²) in [6.45, 7) is 3.45.